The molecule has 2 aromatic rings. The Morgan fingerprint density at radius 1 is 1.45 bits per heavy atom. The SMILES string of the molecule is COC(=O)c1c(N)nsc1NCC(C)c1ccccc1. The molecule has 0 aliphatic heterocycles. The topological polar surface area (TPSA) is 77.2 Å². The summed E-state index contributed by atoms with van der Waals surface area (Å²) in [6.07, 6.45) is 0. The molecule has 0 bridgehead atoms. The van der Waals surface area contributed by atoms with Gasteiger partial charge in [0.1, 0.15) is 10.6 Å². The van der Waals surface area contributed by atoms with Crippen molar-refractivity contribution < 1.29 is 9.53 Å². The molecule has 1 aromatic carbocycles. The van der Waals surface area contributed by atoms with Crippen molar-refractivity contribution in [2.24, 2.45) is 0 Å². The second-order valence-electron chi connectivity index (χ2n) is 4.46. The minimum atomic E-state index is -0.467. The molecule has 1 aromatic heterocycles. The first-order valence-corrected chi connectivity index (χ1v) is 7.03. The molecule has 3 N–H and O–H groups in total. The number of esters is 1. The zero-order valence-corrected chi connectivity index (χ0v) is 12.2. The van der Waals surface area contributed by atoms with Gasteiger partial charge in [-0.05, 0) is 23.0 Å². The van der Waals surface area contributed by atoms with Gasteiger partial charge in [0.15, 0.2) is 5.82 Å². The quantitative estimate of drug-likeness (QED) is 0.828. The van der Waals surface area contributed by atoms with Crippen molar-refractivity contribution in [3.63, 3.8) is 0 Å². The van der Waals surface area contributed by atoms with Crippen LogP contribution in [-0.2, 0) is 4.74 Å². The van der Waals surface area contributed by atoms with Crippen LogP contribution in [0.2, 0.25) is 0 Å². The highest BCUT2D eigenvalue weighted by Crippen LogP contribution is 2.28. The third-order valence-electron chi connectivity index (χ3n) is 3.05. The molecular formula is C14H17N3O2S. The van der Waals surface area contributed by atoms with Crippen LogP contribution < -0.4 is 11.1 Å². The Morgan fingerprint density at radius 2 is 2.15 bits per heavy atom. The molecule has 0 saturated carbocycles. The Bertz CT molecular complexity index is 583. The third kappa shape index (κ3) is 3.08. The summed E-state index contributed by atoms with van der Waals surface area (Å²) in [5.41, 5.74) is 7.24. The number of ether oxygens (including phenoxy) is 1. The van der Waals surface area contributed by atoms with E-state index in [2.05, 4.69) is 28.7 Å². The number of nitrogens with two attached hydrogens (primary N) is 1. The van der Waals surface area contributed by atoms with E-state index in [4.69, 9.17) is 10.5 Å². The van der Waals surface area contributed by atoms with Crippen molar-refractivity contribution in [1.82, 2.24) is 4.37 Å². The predicted octanol–water partition coefficient (Wildman–Crippen LogP) is 2.73. The lowest BCUT2D eigenvalue weighted by Gasteiger charge is -2.13. The molecule has 0 saturated heterocycles. The van der Waals surface area contributed by atoms with Crippen LogP contribution in [0, 0.1) is 0 Å². The molecule has 1 heterocycles. The van der Waals surface area contributed by atoms with Crippen molar-refractivity contribution >= 4 is 28.3 Å². The zero-order valence-electron chi connectivity index (χ0n) is 11.4. The zero-order chi connectivity index (χ0) is 14.5. The van der Waals surface area contributed by atoms with Gasteiger partial charge in [0.2, 0.25) is 0 Å². The third-order valence-corrected chi connectivity index (χ3v) is 3.86. The lowest BCUT2D eigenvalue weighted by atomic mass is 10.0. The molecule has 1 atom stereocenters. The molecule has 0 radical (unpaired) electrons. The maximum atomic E-state index is 11.7. The number of nitrogen functional groups attached to an aromatic ring is 1. The van der Waals surface area contributed by atoms with Crippen LogP contribution in [-0.4, -0.2) is 24.0 Å². The van der Waals surface area contributed by atoms with Crippen molar-refractivity contribution in [3.05, 3.63) is 41.5 Å². The van der Waals surface area contributed by atoms with E-state index in [0.29, 0.717) is 23.0 Å². The Labute approximate surface area is 121 Å². The van der Waals surface area contributed by atoms with Crippen molar-refractivity contribution in [3.8, 4) is 0 Å². The summed E-state index contributed by atoms with van der Waals surface area (Å²) < 4.78 is 8.71. The first-order valence-electron chi connectivity index (χ1n) is 6.25. The molecule has 1 unspecified atom stereocenters. The summed E-state index contributed by atoms with van der Waals surface area (Å²) in [5.74, 6) is 0.0489. The Kier molecular flexibility index (Phi) is 4.57. The number of nitrogens with zero attached hydrogens (tertiary/aromatic N) is 1. The number of benzene rings is 1. The van der Waals surface area contributed by atoms with Crippen LogP contribution in [0.1, 0.15) is 28.8 Å². The van der Waals surface area contributed by atoms with E-state index in [1.165, 1.54) is 24.2 Å². The number of anilines is 2. The highest BCUT2D eigenvalue weighted by atomic mass is 32.1. The van der Waals surface area contributed by atoms with Crippen LogP contribution in [0.25, 0.3) is 0 Å². The fourth-order valence-corrected chi connectivity index (χ4v) is 2.58. The number of carbonyl (C=O) groups excluding carboxylic acids is 1. The summed E-state index contributed by atoms with van der Waals surface area (Å²) in [6, 6.07) is 10.2. The highest BCUT2D eigenvalue weighted by molar-refractivity contribution is 7.11. The normalized spacial score (nSPS) is 11.9. The largest absolute Gasteiger partial charge is 0.465 e. The highest BCUT2D eigenvalue weighted by Gasteiger charge is 2.20. The summed E-state index contributed by atoms with van der Waals surface area (Å²) in [6.45, 7) is 2.81. The van der Waals surface area contributed by atoms with Crippen molar-refractivity contribution in [2.75, 3.05) is 24.7 Å². The Hall–Kier alpha value is -2.08. The molecule has 20 heavy (non-hydrogen) atoms. The lowest BCUT2D eigenvalue weighted by molar-refractivity contribution is 0.0603. The van der Waals surface area contributed by atoms with E-state index in [-0.39, 0.29) is 5.82 Å². The van der Waals surface area contributed by atoms with Gasteiger partial charge in [-0.2, -0.15) is 4.37 Å². The first-order chi connectivity index (χ1) is 9.63. The van der Waals surface area contributed by atoms with Gasteiger partial charge in [-0.25, -0.2) is 4.79 Å². The van der Waals surface area contributed by atoms with Gasteiger partial charge in [-0.1, -0.05) is 37.3 Å². The molecule has 0 aliphatic rings. The van der Waals surface area contributed by atoms with E-state index in [1.54, 1.807) is 0 Å². The van der Waals surface area contributed by atoms with Crippen molar-refractivity contribution in [2.45, 2.75) is 12.8 Å². The smallest absolute Gasteiger partial charge is 0.344 e. The van der Waals surface area contributed by atoms with Gasteiger partial charge in [0, 0.05) is 6.54 Å². The van der Waals surface area contributed by atoms with Gasteiger partial charge in [-0.15, -0.1) is 0 Å². The second-order valence-corrected chi connectivity index (χ2v) is 5.23. The molecular weight excluding hydrogens is 274 g/mol. The van der Waals surface area contributed by atoms with Gasteiger partial charge < -0.3 is 15.8 Å². The molecule has 0 fully saturated rings. The first kappa shape index (κ1) is 14.3. The minimum Gasteiger partial charge on any atom is -0.465 e. The lowest BCUT2D eigenvalue weighted by Crippen LogP contribution is -2.12. The maximum absolute atomic E-state index is 11.7. The number of hydrogen-bond acceptors (Lipinski definition) is 6. The number of aromatic nitrogens is 1. The standard InChI is InChI=1S/C14H17N3O2S/c1-9(10-6-4-3-5-7-10)8-16-13-11(14(18)19-2)12(15)17-20-13/h3-7,9,16H,8H2,1-2H3,(H2,15,17). The number of carbonyl (C=O) groups is 1. The number of nitrogens with one attached hydrogen (secondary N) is 1. The minimum absolute atomic E-state index is 0.205. The number of hydrogen-bond donors (Lipinski definition) is 2. The van der Waals surface area contributed by atoms with Crippen LogP contribution in [0.3, 0.4) is 0 Å². The van der Waals surface area contributed by atoms with E-state index < -0.39 is 5.97 Å². The van der Waals surface area contributed by atoms with Gasteiger partial charge in [0.25, 0.3) is 0 Å². The Balaban J connectivity index is 2.06. The van der Waals surface area contributed by atoms with E-state index in [9.17, 15) is 4.79 Å². The van der Waals surface area contributed by atoms with Crippen LogP contribution in [0.15, 0.2) is 30.3 Å². The van der Waals surface area contributed by atoms with Gasteiger partial charge >= 0.3 is 5.97 Å². The second kappa shape index (κ2) is 6.38. The summed E-state index contributed by atoms with van der Waals surface area (Å²) in [5, 5.41) is 3.87. The number of rotatable bonds is 5. The fourth-order valence-electron chi connectivity index (χ4n) is 1.87. The molecule has 2 rings (SSSR count). The molecule has 6 heteroatoms. The van der Waals surface area contributed by atoms with Gasteiger partial charge in [-0.3, -0.25) is 0 Å². The monoisotopic (exact) mass is 291 g/mol. The van der Waals surface area contributed by atoms with Crippen molar-refractivity contribution in [1.29, 1.82) is 0 Å². The van der Waals surface area contributed by atoms with Gasteiger partial charge in [0.05, 0.1) is 7.11 Å². The number of methoxy groups -OCH3 is 1. The summed E-state index contributed by atoms with van der Waals surface area (Å²) in [4.78, 5) is 11.7. The fraction of sp³-hybridized carbons (Fsp3) is 0.286. The van der Waals surface area contributed by atoms with Crippen LogP contribution >= 0.6 is 11.5 Å². The van der Waals surface area contributed by atoms with Crippen LogP contribution in [0.5, 0.6) is 0 Å². The van der Waals surface area contributed by atoms with E-state index >= 15 is 0 Å². The summed E-state index contributed by atoms with van der Waals surface area (Å²) >= 11 is 1.17. The molecule has 0 aliphatic carbocycles. The molecule has 0 amide bonds. The molecule has 0 spiro atoms. The Morgan fingerprint density at radius 3 is 2.80 bits per heavy atom. The molecule has 106 valence electrons. The molecule has 5 nitrogen and oxygen atoms in total. The maximum Gasteiger partial charge on any atom is 0.344 e. The average Bonchev–Trinajstić information content (AvgIpc) is 2.86. The van der Waals surface area contributed by atoms with E-state index in [1.807, 2.05) is 18.2 Å². The average molecular weight is 291 g/mol. The van der Waals surface area contributed by atoms with E-state index in [0.717, 1.165) is 0 Å². The van der Waals surface area contributed by atoms with Crippen LogP contribution in [0.4, 0.5) is 10.8 Å². The predicted molar refractivity (Wildman–Crippen MR) is 81.2 cm³/mol. The summed E-state index contributed by atoms with van der Waals surface area (Å²) in [7, 11) is 1.33.